The zero-order valence-electron chi connectivity index (χ0n) is 17.1. The minimum atomic E-state index is -0.0764. The maximum atomic E-state index is 12.4. The van der Waals surface area contributed by atoms with Crippen molar-refractivity contribution in [2.24, 2.45) is 5.41 Å². The van der Waals surface area contributed by atoms with E-state index in [1.807, 2.05) is 31.9 Å². The molecule has 1 fully saturated rings. The van der Waals surface area contributed by atoms with Gasteiger partial charge in [0.2, 0.25) is 5.91 Å². The van der Waals surface area contributed by atoms with Gasteiger partial charge in [0.15, 0.2) is 0 Å². The van der Waals surface area contributed by atoms with Crippen LogP contribution >= 0.6 is 0 Å². The first-order chi connectivity index (χ1) is 11.3. The molecule has 0 aromatic heterocycles. The quantitative estimate of drug-likeness (QED) is 0.454. The smallest absolute Gasteiger partial charge is 0.246 e. The summed E-state index contributed by atoms with van der Waals surface area (Å²) in [5, 5.41) is 15.9. The second-order valence-corrected chi connectivity index (χ2v) is 6.36. The number of hydrogen-bond donors (Lipinski definition) is 1. The second kappa shape index (κ2) is 15.5. The molecular formula is C19H36N3O2Re-. The topological polar surface area (TPSA) is 67.6 Å². The number of piperazine rings is 1. The Balaban J connectivity index is -0.000000899. The Morgan fingerprint density at radius 2 is 1.84 bits per heavy atom. The predicted octanol–water partition coefficient (Wildman–Crippen LogP) is 2.87. The zero-order chi connectivity index (χ0) is 19.3. The van der Waals surface area contributed by atoms with E-state index >= 15 is 0 Å². The molecular weight excluding hydrogens is 488 g/mol. The number of allylic oxidation sites excluding steroid dienone is 1. The first-order valence-electron chi connectivity index (χ1n) is 8.58. The third-order valence-corrected chi connectivity index (χ3v) is 4.23. The average molecular weight is 525 g/mol. The maximum absolute atomic E-state index is 12.4. The van der Waals surface area contributed by atoms with Crippen LogP contribution in [0.25, 0.3) is 0 Å². The summed E-state index contributed by atoms with van der Waals surface area (Å²) in [6.07, 6.45) is 4.03. The van der Waals surface area contributed by atoms with Gasteiger partial charge in [-0.05, 0) is 13.1 Å². The number of likely N-dealkylation sites (N-methyl/N-ethyl adjacent to an activating group) is 1. The van der Waals surface area contributed by atoms with Crippen LogP contribution in [-0.4, -0.2) is 60.6 Å². The Morgan fingerprint density at radius 3 is 2.28 bits per heavy atom. The van der Waals surface area contributed by atoms with Gasteiger partial charge in [-0.15, -0.1) is 11.5 Å². The van der Waals surface area contributed by atoms with Crippen molar-refractivity contribution < 1.29 is 30.3 Å². The van der Waals surface area contributed by atoms with Crippen molar-refractivity contribution in [3.8, 4) is 6.07 Å². The van der Waals surface area contributed by atoms with Crippen LogP contribution in [0.2, 0.25) is 0 Å². The van der Waals surface area contributed by atoms with Crippen LogP contribution in [-0.2, 0) is 25.2 Å². The summed E-state index contributed by atoms with van der Waals surface area (Å²) >= 11 is 0. The molecule has 1 unspecified atom stereocenters. The van der Waals surface area contributed by atoms with E-state index in [4.69, 9.17) is 10.4 Å². The summed E-state index contributed by atoms with van der Waals surface area (Å²) in [6, 6.07) is 2.19. The van der Waals surface area contributed by atoms with Crippen molar-refractivity contribution in [2.45, 2.75) is 54.0 Å². The minimum Gasteiger partial charge on any atom is -0.400 e. The molecule has 0 spiro atoms. The molecule has 1 aliphatic rings. The summed E-state index contributed by atoms with van der Waals surface area (Å²) in [5.74, 6) is 1.29. The number of rotatable bonds is 4. The third kappa shape index (κ3) is 10.8. The van der Waals surface area contributed by atoms with E-state index in [1.54, 1.807) is 6.08 Å². The number of nitrogens with zero attached hydrogens (tertiary/aromatic N) is 3. The summed E-state index contributed by atoms with van der Waals surface area (Å²) in [5.41, 5.74) is -0.0764. The van der Waals surface area contributed by atoms with Crippen molar-refractivity contribution in [1.82, 2.24) is 9.80 Å². The minimum absolute atomic E-state index is 0. The number of carbonyl (C=O) groups excluding carboxylic acids is 1. The van der Waals surface area contributed by atoms with Gasteiger partial charge in [-0.25, -0.2) is 0 Å². The molecule has 0 bridgehead atoms. The van der Waals surface area contributed by atoms with E-state index < -0.39 is 0 Å². The van der Waals surface area contributed by atoms with Crippen LogP contribution in [0.5, 0.6) is 0 Å². The standard InChI is InChI=1S/C16H26N3O.C2H6.CH4O.Re/c1-13(2)16(3,4)8-6-15(20)19-11-10-18(5)12-14(19)7-9-17;2*1-2;/h6,8,14H,7,10-12H2,1-5H3;1-2H3;2H,1H3;/q-1;;;/b8-6+;;;. The first-order valence-corrected chi connectivity index (χ1v) is 8.58. The van der Waals surface area contributed by atoms with Crippen molar-refractivity contribution in [1.29, 1.82) is 5.26 Å². The number of aliphatic hydroxyl groups is 1. The predicted molar refractivity (Wildman–Crippen MR) is 100 cm³/mol. The molecule has 147 valence electrons. The average Bonchev–Trinajstić information content (AvgIpc) is 2.57. The molecule has 1 atom stereocenters. The normalized spacial score (nSPS) is 17.6. The molecule has 25 heavy (non-hydrogen) atoms. The summed E-state index contributed by atoms with van der Waals surface area (Å²) < 4.78 is 0. The van der Waals surface area contributed by atoms with Gasteiger partial charge in [0.25, 0.3) is 0 Å². The molecule has 0 aromatic rings. The number of carbonyl (C=O) groups is 1. The van der Waals surface area contributed by atoms with Crippen LogP contribution in [0.15, 0.2) is 12.2 Å². The zero-order valence-corrected chi connectivity index (χ0v) is 19.9. The van der Waals surface area contributed by atoms with Gasteiger partial charge in [0.1, 0.15) is 0 Å². The number of aliphatic hydroxyl groups excluding tert-OH is 1. The molecule has 1 radical (unpaired) electrons. The van der Waals surface area contributed by atoms with E-state index in [9.17, 15) is 4.79 Å². The monoisotopic (exact) mass is 525 g/mol. The van der Waals surface area contributed by atoms with Crippen LogP contribution in [0, 0.1) is 22.7 Å². The molecule has 1 rings (SSSR count). The first kappa shape index (κ1) is 29.1. The van der Waals surface area contributed by atoms with Gasteiger partial charge in [-0.2, -0.15) is 19.1 Å². The van der Waals surface area contributed by atoms with Crippen molar-refractivity contribution in [3.05, 3.63) is 18.1 Å². The van der Waals surface area contributed by atoms with Crippen molar-refractivity contribution in [3.63, 3.8) is 0 Å². The van der Waals surface area contributed by atoms with E-state index in [2.05, 4.69) is 38.7 Å². The van der Waals surface area contributed by atoms with Gasteiger partial charge in [-0.1, -0.05) is 27.7 Å². The molecule has 1 aliphatic heterocycles. The Bertz CT molecular complexity index is 417. The Labute approximate surface area is 168 Å². The van der Waals surface area contributed by atoms with E-state index in [-0.39, 0.29) is 37.8 Å². The van der Waals surface area contributed by atoms with Gasteiger partial charge >= 0.3 is 0 Å². The fourth-order valence-corrected chi connectivity index (χ4v) is 2.12. The van der Waals surface area contributed by atoms with Crippen LogP contribution in [0.3, 0.4) is 0 Å². The van der Waals surface area contributed by atoms with Gasteiger partial charge in [-0.3, -0.25) is 4.79 Å². The van der Waals surface area contributed by atoms with Crippen LogP contribution < -0.4 is 0 Å². The third-order valence-electron chi connectivity index (χ3n) is 4.23. The van der Waals surface area contributed by atoms with Gasteiger partial charge in [0.05, 0.1) is 18.5 Å². The Hall–Kier alpha value is -0.718. The summed E-state index contributed by atoms with van der Waals surface area (Å²) in [4.78, 5) is 16.4. The van der Waals surface area contributed by atoms with E-state index in [0.29, 0.717) is 13.0 Å². The maximum Gasteiger partial charge on any atom is 0.246 e. The summed E-state index contributed by atoms with van der Waals surface area (Å²) in [6.45, 7) is 14.7. The molecule has 0 aliphatic carbocycles. The SMILES string of the molecule is CC.CO.C[C-](C)C(C)(C)/C=C/C(=O)N1CCN(C)CC1CC#N.[Re]. The van der Waals surface area contributed by atoms with Crippen molar-refractivity contribution in [2.75, 3.05) is 33.8 Å². The Morgan fingerprint density at radius 1 is 1.32 bits per heavy atom. The van der Waals surface area contributed by atoms with Crippen LogP contribution in [0.1, 0.15) is 48.0 Å². The number of nitriles is 1. The number of amides is 1. The molecule has 1 heterocycles. The molecule has 0 saturated carbocycles. The van der Waals surface area contributed by atoms with E-state index in [0.717, 1.165) is 20.2 Å². The fraction of sp³-hybridized carbons (Fsp3) is 0.737. The Kier molecular flexibility index (Phi) is 18.1. The molecule has 1 N–H and O–H groups in total. The van der Waals surface area contributed by atoms with E-state index in [1.165, 1.54) is 5.92 Å². The largest absolute Gasteiger partial charge is 0.400 e. The van der Waals surface area contributed by atoms with Crippen molar-refractivity contribution >= 4 is 5.91 Å². The molecule has 1 saturated heterocycles. The summed E-state index contributed by atoms with van der Waals surface area (Å²) in [7, 11) is 3.03. The molecule has 6 heteroatoms. The number of hydrogen-bond acceptors (Lipinski definition) is 4. The molecule has 5 nitrogen and oxygen atoms in total. The van der Waals surface area contributed by atoms with Gasteiger partial charge < -0.3 is 20.8 Å². The molecule has 1 amide bonds. The van der Waals surface area contributed by atoms with Crippen LogP contribution in [0.4, 0.5) is 0 Å². The van der Waals surface area contributed by atoms with Gasteiger partial charge in [0, 0.05) is 47.2 Å². The molecule has 0 aromatic carbocycles. The second-order valence-electron chi connectivity index (χ2n) is 6.36. The fourth-order valence-electron chi connectivity index (χ4n) is 2.12.